The number of ketones is 1. The molecule has 204 valence electrons. The van der Waals surface area contributed by atoms with Crippen molar-refractivity contribution in [2.75, 3.05) is 11.5 Å². The number of carboxylic acid groups (broad SMARTS) is 1. The van der Waals surface area contributed by atoms with Crippen molar-refractivity contribution >= 4 is 40.4 Å². The number of imidazole rings is 1. The van der Waals surface area contributed by atoms with Crippen molar-refractivity contribution in [1.82, 2.24) is 9.97 Å². The summed E-state index contributed by atoms with van der Waals surface area (Å²) >= 11 is 0. The molecule has 5 rings (SSSR count). The second-order valence-electron chi connectivity index (χ2n) is 9.70. The predicted molar refractivity (Wildman–Crippen MR) is 148 cm³/mol. The third-order valence-electron chi connectivity index (χ3n) is 6.80. The summed E-state index contributed by atoms with van der Waals surface area (Å²) in [5.41, 5.74) is 2.23. The van der Waals surface area contributed by atoms with Gasteiger partial charge in [0.05, 0.1) is 34.8 Å². The number of carboxylic acids is 1. The predicted octanol–water partition coefficient (Wildman–Crippen LogP) is 5.12. The molecule has 1 fully saturated rings. The number of anilines is 1. The SMILES string of the molecule is CCOc1ccc(/C(O)=C2\C(=O)C(=O)N(c3nc4ccc(C(=O)O)cc4[nH]3)C2c2ccc(O)cc2)cc1C(C)C. The summed E-state index contributed by atoms with van der Waals surface area (Å²) in [6.07, 6.45) is 0. The molecule has 1 aliphatic rings. The molecule has 10 nitrogen and oxygen atoms in total. The van der Waals surface area contributed by atoms with E-state index in [2.05, 4.69) is 9.97 Å². The summed E-state index contributed by atoms with van der Waals surface area (Å²) in [6, 6.07) is 14.2. The Balaban J connectivity index is 1.70. The molecule has 2 heterocycles. The van der Waals surface area contributed by atoms with E-state index >= 15 is 0 Å². The van der Waals surface area contributed by atoms with E-state index in [0.717, 1.165) is 10.5 Å². The van der Waals surface area contributed by atoms with Crippen LogP contribution in [0.5, 0.6) is 11.5 Å². The fourth-order valence-electron chi connectivity index (χ4n) is 4.86. The Bertz CT molecular complexity index is 1690. The van der Waals surface area contributed by atoms with Gasteiger partial charge < -0.3 is 25.0 Å². The third kappa shape index (κ3) is 4.53. The van der Waals surface area contributed by atoms with E-state index in [-0.39, 0.29) is 34.5 Å². The summed E-state index contributed by atoms with van der Waals surface area (Å²) < 4.78 is 5.73. The van der Waals surface area contributed by atoms with Gasteiger partial charge in [-0.1, -0.05) is 26.0 Å². The summed E-state index contributed by atoms with van der Waals surface area (Å²) in [5, 5.41) is 30.7. The maximum atomic E-state index is 13.5. The molecule has 1 aliphatic heterocycles. The molecule has 1 aromatic heterocycles. The van der Waals surface area contributed by atoms with Crippen LogP contribution >= 0.6 is 0 Å². The van der Waals surface area contributed by atoms with E-state index in [1.54, 1.807) is 30.3 Å². The van der Waals surface area contributed by atoms with Crippen LogP contribution in [-0.2, 0) is 9.59 Å². The molecular formula is C30H27N3O7. The van der Waals surface area contributed by atoms with Gasteiger partial charge in [0.1, 0.15) is 17.3 Å². The molecule has 1 unspecified atom stereocenters. The van der Waals surface area contributed by atoms with Crippen LogP contribution in [0, 0.1) is 0 Å². The minimum absolute atomic E-state index is 0.00586. The average molecular weight is 542 g/mol. The highest BCUT2D eigenvalue weighted by Gasteiger charge is 2.48. The van der Waals surface area contributed by atoms with Crippen LogP contribution in [0.4, 0.5) is 5.95 Å². The number of amides is 1. The minimum atomic E-state index is -1.13. The lowest BCUT2D eigenvalue weighted by Crippen LogP contribution is -2.30. The Morgan fingerprint density at radius 1 is 1.02 bits per heavy atom. The van der Waals surface area contributed by atoms with Gasteiger partial charge in [-0.25, -0.2) is 9.78 Å². The number of aliphatic hydroxyl groups is 1. The fraction of sp³-hybridized carbons (Fsp3) is 0.200. The molecule has 0 aliphatic carbocycles. The van der Waals surface area contributed by atoms with Crippen molar-refractivity contribution in [2.45, 2.75) is 32.7 Å². The number of phenolic OH excluding ortho intramolecular Hbond substituents is 1. The lowest BCUT2D eigenvalue weighted by Gasteiger charge is -2.23. The number of fused-ring (bicyclic) bond motifs is 1. The third-order valence-corrected chi connectivity index (χ3v) is 6.80. The number of ether oxygens (including phenoxy) is 1. The number of aromatic carboxylic acids is 1. The largest absolute Gasteiger partial charge is 0.508 e. The highest BCUT2D eigenvalue weighted by atomic mass is 16.5. The molecular weight excluding hydrogens is 514 g/mol. The van der Waals surface area contributed by atoms with E-state index in [1.807, 2.05) is 20.8 Å². The molecule has 1 atom stereocenters. The first-order valence-electron chi connectivity index (χ1n) is 12.7. The van der Waals surface area contributed by atoms with Gasteiger partial charge >= 0.3 is 11.9 Å². The van der Waals surface area contributed by atoms with Crippen molar-refractivity contribution < 1.29 is 34.4 Å². The number of nitrogens with one attached hydrogen (secondary N) is 1. The van der Waals surface area contributed by atoms with Crippen LogP contribution in [0.25, 0.3) is 16.8 Å². The molecule has 3 aromatic carbocycles. The molecule has 1 amide bonds. The first kappa shape index (κ1) is 26.5. The van der Waals surface area contributed by atoms with Gasteiger partial charge in [0.2, 0.25) is 5.95 Å². The number of rotatable bonds is 7. The number of Topliss-reactive ketones (excluding diaryl/α,β-unsaturated/α-hetero) is 1. The number of aromatic amines is 1. The number of H-pyrrole nitrogens is 1. The number of benzene rings is 3. The summed E-state index contributed by atoms with van der Waals surface area (Å²) in [5.74, 6) is -2.63. The first-order valence-corrected chi connectivity index (χ1v) is 12.7. The molecule has 0 bridgehead atoms. The van der Waals surface area contributed by atoms with Gasteiger partial charge in [0.25, 0.3) is 5.78 Å². The van der Waals surface area contributed by atoms with E-state index in [9.17, 15) is 29.7 Å². The smallest absolute Gasteiger partial charge is 0.335 e. The van der Waals surface area contributed by atoms with Crippen LogP contribution in [0.3, 0.4) is 0 Å². The number of carbonyl (C=O) groups excluding carboxylic acids is 2. The number of carbonyl (C=O) groups is 3. The highest BCUT2D eigenvalue weighted by Crippen LogP contribution is 2.42. The Morgan fingerprint density at radius 2 is 1.73 bits per heavy atom. The monoisotopic (exact) mass is 541 g/mol. The number of aromatic nitrogens is 2. The summed E-state index contributed by atoms with van der Waals surface area (Å²) in [6.45, 7) is 6.29. The fourth-order valence-corrected chi connectivity index (χ4v) is 4.86. The molecule has 40 heavy (non-hydrogen) atoms. The summed E-state index contributed by atoms with van der Waals surface area (Å²) in [7, 11) is 0. The first-order chi connectivity index (χ1) is 19.1. The molecule has 4 N–H and O–H groups in total. The van der Waals surface area contributed by atoms with Gasteiger partial charge in [0, 0.05) is 5.56 Å². The second-order valence-corrected chi connectivity index (χ2v) is 9.70. The summed E-state index contributed by atoms with van der Waals surface area (Å²) in [4.78, 5) is 46.9. The van der Waals surface area contributed by atoms with Gasteiger partial charge in [-0.15, -0.1) is 0 Å². The van der Waals surface area contributed by atoms with Crippen molar-refractivity contribution in [1.29, 1.82) is 0 Å². The lowest BCUT2D eigenvalue weighted by atomic mass is 9.93. The maximum absolute atomic E-state index is 13.5. The van der Waals surface area contributed by atoms with Crippen molar-refractivity contribution in [3.8, 4) is 11.5 Å². The van der Waals surface area contributed by atoms with E-state index < -0.39 is 23.7 Å². The number of aliphatic hydroxyl groups excluding tert-OH is 1. The molecule has 0 spiro atoms. The van der Waals surface area contributed by atoms with Gasteiger partial charge in [0.15, 0.2) is 0 Å². The quantitative estimate of drug-likeness (QED) is 0.143. The zero-order valence-corrected chi connectivity index (χ0v) is 22.0. The Labute approximate surface area is 229 Å². The van der Waals surface area contributed by atoms with Crippen LogP contribution in [0.1, 0.15) is 59.8 Å². The average Bonchev–Trinajstić information content (AvgIpc) is 3.46. The molecule has 10 heteroatoms. The minimum Gasteiger partial charge on any atom is -0.508 e. The number of hydrogen-bond acceptors (Lipinski definition) is 7. The Hall–Kier alpha value is -5.12. The van der Waals surface area contributed by atoms with Crippen LogP contribution in [0.2, 0.25) is 0 Å². The number of hydrogen-bond donors (Lipinski definition) is 4. The Morgan fingerprint density at radius 3 is 2.38 bits per heavy atom. The molecule has 0 radical (unpaired) electrons. The van der Waals surface area contributed by atoms with E-state index in [1.165, 1.54) is 30.3 Å². The lowest BCUT2D eigenvalue weighted by molar-refractivity contribution is -0.132. The van der Waals surface area contributed by atoms with Crippen molar-refractivity contribution in [3.05, 3.63) is 88.5 Å². The zero-order chi connectivity index (χ0) is 28.7. The van der Waals surface area contributed by atoms with Gasteiger partial charge in [-0.2, -0.15) is 0 Å². The van der Waals surface area contributed by atoms with Crippen LogP contribution in [0.15, 0.2) is 66.2 Å². The molecule has 0 saturated carbocycles. The van der Waals surface area contributed by atoms with Crippen LogP contribution in [-0.4, -0.2) is 49.6 Å². The highest BCUT2D eigenvalue weighted by molar-refractivity contribution is 6.51. The molecule has 1 saturated heterocycles. The van der Waals surface area contributed by atoms with Gasteiger partial charge in [-0.05, 0) is 72.5 Å². The zero-order valence-electron chi connectivity index (χ0n) is 22.0. The number of phenols is 1. The van der Waals surface area contributed by atoms with Crippen LogP contribution < -0.4 is 9.64 Å². The normalized spacial score (nSPS) is 16.7. The van der Waals surface area contributed by atoms with E-state index in [4.69, 9.17) is 4.74 Å². The Kier molecular flexibility index (Phi) is 6.76. The molecule has 4 aromatic rings. The van der Waals surface area contributed by atoms with E-state index in [0.29, 0.717) is 34.5 Å². The van der Waals surface area contributed by atoms with Crippen molar-refractivity contribution in [2.24, 2.45) is 0 Å². The number of aromatic hydroxyl groups is 1. The standard InChI is InChI=1S/C30H27N3O7/c1-4-40-23-12-8-17(13-20(23)15(2)3)26(35)24-25(16-5-9-19(34)10-6-16)33(28(37)27(24)36)30-31-21-11-7-18(29(38)39)14-22(21)32-30/h5-15,25,34-35H,4H2,1-3H3,(H,31,32)(H,38,39)/b26-24+. The van der Waals surface area contributed by atoms with Gasteiger partial charge in [-0.3, -0.25) is 14.5 Å². The number of nitrogens with zero attached hydrogens (tertiary/aromatic N) is 2. The maximum Gasteiger partial charge on any atom is 0.335 e. The second kappa shape index (κ2) is 10.2. The topological polar surface area (TPSA) is 153 Å². The van der Waals surface area contributed by atoms with Crippen molar-refractivity contribution in [3.63, 3.8) is 0 Å².